The van der Waals surface area contributed by atoms with Crippen LogP contribution in [0.3, 0.4) is 0 Å². The highest BCUT2D eigenvalue weighted by molar-refractivity contribution is 5.89. The van der Waals surface area contributed by atoms with Gasteiger partial charge < -0.3 is 15.4 Å². The van der Waals surface area contributed by atoms with Gasteiger partial charge in [-0.3, -0.25) is 4.90 Å². The largest absolute Gasteiger partial charge is 0.573 e. The lowest BCUT2D eigenvalue weighted by atomic mass is 9.75. The average molecular weight is 369 g/mol. The van der Waals surface area contributed by atoms with Crippen molar-refractivity contribution in [1.29, 1.82) is 0 Å². The second-order valence-electron chi connectivity index (χ2n) is 6.74. The first-order valence-electron chi connectivity index (χ1n) is 8.61. The Kier molecular flexibility index (Phi) is 5.41. The monoisotopic (exact) mass is 369 g/mol. The first-order chi connectivity index (χ1) is 12.3. The number of urea groups is 1. The zero-order valence-corrected chi connectivity index (χ0v) is 14.3. The first kappa shape index (κ1) is 18.6. The number of benzene rings is 1. The summed E-state index contributed by atoms with van der Waals surface area (Å²) >= 11 is 0. The Labute approximate surface area is 150 Å². The molecular weight excluding hydrogens is 347 g/mol. The molecule has 0 saturated carbocycles. The van der Waals surface area contributed by atoms with Gasteiger partial charge in [-0.05, 0) is 55.5 Å². The number of piperidine rings is 3. The van der Waals surface area contributed by atoms with E-state index in [1.807, 2.05) is 6.08 Å². The summed E-state index contributed by atoms with van der Waals surface area (Å²) in [5, 5.41) is 5.46. The zero-order chi connectivity index (χ0) is 18.7. The predicted molar refractivity (Wildman–Crippen MR) is 91.9 cm³/mol. The van der Waals surface area contributed by atoms with E-state index in [1.165, 1.54) is 18.6 Å². The fourth-order valence-electron chi connectivity index (χ4n) is 3.78. The number of amides is 2. The summed E-state index contributed by atoms with van der Waals surface area (Å²) in [6.07, 6.45) is -0.489. The molecule has 3 fully saturated rings. The van der Waals surface area contributed by atoms with E-state index >= 15 is 0 Å². The molecule has 2 N–H and O–H groups in total. The van der Waals surface area contributed by atoms with Gasteiger partial charge in [-0.1, -0.05) is 6.08 Å². The molecule has 0 aromatic heterocycles. The average Bonchev–Trinajstić information content (AvgIpc) is 2.61. The molecule has 2 bridgehead atoms. The van der Waals surface area contributed by atoms with Crippen molar-refractivity contribution in [2.75, 3.05) is 25.0 Å². The number of hydrogen-bond acceptors (Lipinski definition) is 3. The predicted octanol–water partition coefficient (Wildman–Crippen LogP) is 3.60. The number of nitrogens with zero attached hydrogens (tertiary/aromatic N) is 1. The molecule has 26 heavy (non-hydrogen) atoms. The van der Waals surface area contributed by atoms with Gasteiger partial charge in [-0.15, -0.1) is 19.8 Å². The molecule has 3 saturated heterocycles. The number of alkyl halides is 3. The van der Waals surface area contributed by atoms with Gasteiger partial charge in [0.1, 0.15) is 5.75 Å². The van der Waals surface area contributed by atoms with Crippen LogP contribution in [0.5, 0.6) is 5.75 Å². The van der Waals surface area contributed by atoms with Crippen LogP contribution in [0.15, 0.2) is 36.9 Å². The second kappa shape index (κ2) is 7.57. The van der Waals surface area contributed by atoms with E-state index in [4.69, 9.17) is 0 Å². The molecule has 3 heterocycles. The molecule has 0 aliphatic carbocycles. The highest BCUT2D eigenvalue weighted by Gasteiger charge is 2.38. The van der Waals surface area contributed by atoms with Crippen LogP contribution < -0.4 is 15.4 Å². The number of hydrogen-bond donors (Lipinski definition) is 2. The molecule has 4 rings (SSSR count). The molecule has 3 aliphatic rings. The van der Waals surface area contributed by atoms with Crippen LogP contribution in [-0.2, 0) is 0 Å². The van der Waals surface area contributed by atoms with E-state index in [0.717, 1.165) is 31.6 Å². The van der Waals surface area contributed by atoms with Crippen molar-refractivity contribution in [1.82, 2.24) is 10.2 Å². The summed E-state index contributed by atoms with van der Waals surface area (Å²) in [4.78, 5) is 14.4. The number of rotatable bonds is 5. The minimum absolute atomic E-state index is 0.318. The maximum Gasteiger partial charge on any atom is 0.573 e. The van der Waals surface area contributed by atoms with Crippen molar-refractivity contribution >= 4 is 11.7 Å². The van der Waals surface area contributed by atoms with Gasteiger partial charge in [0, 0.05) is 24.8 Å². The number of nitrogens with one attached hydrogen (secondary N) is 2. The third-order valence-electron chi connectivity index (χ3n) is 5.08. The zero-order valence-electron chi connectivity index (χ0n) is 14.3. The molecule has 5 nitrogen and oxygen atoms in total. The van der Waals surface area contributed by atoms with E-state index in [0.29, 0.717) is 30.1 Å². The highest BCUT2D eigenvalue weighted by atomic mass is 19.4. The maximum atomic E-state index is 12.1. The lowest BCUT2D eigenvalue weighted by Gasteiger charge is -2.49. The van der Waals surface area contributed by atoms with Gasteiger partial charge in [0.2, 0.25) is 0 Å². The molecule has 2 amide bonds. The van der Waals surface area contributed by atoms with Crippen LogP contribution in [0.25, 0.3) is 0 Å². The smallest absolute Gasteiger partial charge is 0.406 e. The van der Waals surface area contributed by atoms with E-state index in [-0.39, 0.29) is 11.8 Å². The summed E-state index contributed by atoms with van der Waals surface area (Å²) in [7, 11) is 0. The third kappa shape index (κ3) is 4.69. The number of carbonyl (C=O) groups is 1. The van der Waals surface area contributed by atoms with Gasteiger partial charge in [0.25, 0.3) is 0 Å². The molecule has 0 radical (unpaired) electrons. The fourth-order valence-corrected chi connectivity index (χ4v) is 3.78. The molecule has 8 heteroatoms. The molecule has 1 aromatic carbocycles. The third-order valence-corrected chi connectivity index (χ3v) is 5.08. The van der Waals surface area contributed by atoms with Crippen LogP contribution in [0, 0.1) is 11.8 Å². The van der Waals surface area contributed by atoms with E-state index < -0.39 is 6.36 Å². The van der Waals surface area contributed by atoms with Gasteiger partial charge >= 0.3 is 12.4 Å². The Bertz CT molecular complexity index is 648. The van der Waals surface area contributed by atoms with Crippen molar-refractivity contribution in [2.45, 2.75) is 25.2 Å². The van der Waals surface area contributed by atoms with Gasteiger partial charge in [0.15, 0.2) is 0 Å². The first-order valence-corrected chi connectivity index (χ1v) is 8.61. The fraction of sp³-hybridized carbons (Fsp3) is 0.500. The van der Waals surface area contributed by atoms with E-state index in [1.54, 1.807) is 0 Å². The van der Waals surface area contributed by atoms with E-state index in [9.17, 15) is 18.0 Å². The Morgan fingerprint density at radius 1 is 1.35 bits per heavy atom. The molecule has 4 atom stereocenters. The van der Waals surface area contributed by atoms with Crippen molar-refractivity contribution < 1.29 is 22.7 Å². The normalized spacial score (nSPS) is 27.7. The Morgan fingerprint density at radius 2 is 2.08 bits per heavy atom. The van der Waals surface area contributed by atoms with Crippen LogP contribution in [0.1, 0.15) is 12.8 Å². The van der Waals surface area contributed by atoms with Crippen LogP contribution in [-0.4, -0.2) is 43.0 Å². The Morgan fingerprint density at radius 3 is 2.65 bits per heavy atom. The van der Waals surface area contributed by atoms with Gasteiger partial charge in [-0.2, -0.15) is 0 Å². The molecule has 0 spiro atoms. The van der Waals surface area contributed by atoms with Gasteiger partial charge in [-0.25, -0.2) is 4.79 Å². The summed E-state index contributed by atoms with van der Waals surface area (Å²) < 4.78 is 40.2. The van der Waals surface area contributed by atoms with E-state index in [2.05, 4.69) is 26.8 Å². The highest BCUT2D eigenvalue weighted by Crippen LogP contribution is 2.36. The quantitative estimate of drug-likeness (QED) is 0.780. The SMILES string of the molecule is C=C[C@@H]1CN2CC[C@H]1C[C@@H]2CNC(=O)Nc1ccc(OC(F)(F)F)cc1. The lowest BCUT2D eigenvalue weighted by molar-refractivity contribution is -0.274. The molecule has 3 aliphatic heterocycles. The van der Waals surface area contributed by atoms with Gasteiger partial charge in [0.05, 0.1) is 0 Å². The van der Waals surface area contributed by atoms with Crippen LogP contribution >= 0.6 is 0 Å². The summed E-state index contributed by atoms with van der Waals surface area (Å²) in [5.41, 5.74) is 0.397. The molecule has 142 valence electrons. The topological polar surface area (TPSA) is 53.6 Å². The number of fused-ring (bicyclic) bond motifs is 3. The Balaban J connectivity index is 1.45. The number of ether oxygens (including phenoxy) is 1. The summed E-state index contributed by atoms with van der Waals surface area (Å²) in [5.74, 6) is 0.839. The number of anilines is 1. The van der Waals surface area contributed by atoms with Crippen molar-refractivity contribution in [3.05, 3.63) is 36.9 Å². The maximum absolute atomic E-state index is 12.1. The second-order valence-corrected chi connectivity index (χ2v) is 6.74. The molecule has 1 unspecified atom stereocenters. The standard InChI is InChI=1S/C18H22F3N3O2/c1-2-12-11-24-8-7-13(12)9-15(24)10-22-17(25)23-14-3-5-16(6-4-14)26-18(19,20)21/h2-6,12-13,15H,1,7-11H2,(H2,22,23,25)/t12-,13+,15-/m1/s1. The summed E-state index contributed by atoms with van der Waals surface area (Å²) in [6, 6.07) is 4.98. The molecule has 1 aromatic rings. The Hall–Kier alpha value is -2.22. The lowest BCUT2D eigenvalue weighted by Crippen LogP contribution is -2.56. The van der Waals surface area contributed by atoms with Crippen LogP contribution in [0.2, 0.25) is 0 Å². The van der Waals surface area contributed by atoms with Crippen molar-refractivity contribution in [2.24, 2.45) is 11.8 Å². The minimum atomic E-state index is -4.73. The van der Waals surface area contributed by atoms with Crippen molar-refractivity contribution in [3.8, 4) is 5.75 Å². The summed E-state index contributed by atoms with van der Waals surface area (Å²) in [6.45, 7) is 6.47. The minimum Gasteiger partial charge on any atom is -0.406 e. The number of carbonyl (C=O) groups excluding carboxylic acids is 1. The van der Waals surface area contributed by atoms with Crippen molar-refractivity contribution in [3.63, 3.8) is 0 Å². The number of halogens is 3. The van der Waals surface area contributed by atoms with Crippen LogP contribution in [0.4, 0.5) is 23.7 Å². The molecular formula is C18H22F3N3O2.